The third-order valence-corrected chi connectivity index (χ3v) is 2.24. The van der Waals surface area contributed by atoms with Crippen LogP contribution in [0.1, 0.15) is 23.7 Å². The third kappa shape index (κ3) is 2.42. The van der Waals surface area contributed by atoms with Gasteiger partial charge in [0.15, 0.2) is 5.65 Å². The summed E-state index contributed by atoms with van der Waals surface area (Å²) in [6.07, 6.45) is 8.41. The summed E-state index contributed by atoms with van der Waals surface area (Å²) in [4.78, 5) is 11.8. The van der Waals surface area contributed by atoms with Crippen LogP contribution in [0.3, 0.4) is 0 Å². The van der Waals surface area contributed by atoms with Gasteiger partial charge < -0.3 is 4.74 Å². The Bertz CT molecular complexity index is 583. The van der Waals surface area contributed by atoms with Crippen LogP contribution in [0.2, 0.25) is 0 Å². The van der Waals surface area contributed by atoms with Crippen molar-refractivity contribution in [3.63, 3.8) is 0 Å². The maximum atomic E-state index is 11.8. The topological polar surface area (TPSA) is 56.5 Å². The molecule has 17 heavy (non-hydrogen) atoms. The molecular weight excluding hydrogens is 218 g/mol. The van der Waals surface area contributed by atoms with Gasteiger partial charge in [0, 0.05) is 12.6 Å². The molecule has 0 radical (unpaired) electrons. The molecule has 86 valence electrons. The molecule has 2 rings (SSSR count). The highest BCUT2D eigenvalue weighted by molar-refractivity contribution is 5.89. The number of esters is 1. The van der Waals surface area contributed by atoms with Crippen LogP contribution in [0.4, 0.5) is 0 Å². The molecule has 2 aromatic heterocycles. The SMILES string of the molecule is C#CC[C@@H](C)OC(=O)c1ccc2nncn2c1. The molecule has 0 amide bonds. The number of aromatic nitrogens is 3. The van der Waals surface area contributed by atoms with E-state index < -0.39 is 5.97 Å². The van der Waals surface area contributed by atoms with Crippen LogP contribution in [0.5, 0.6) is 0 Å². The van der Waals surface area contributed by atoms with Gasteiger partial charge in [-0.2, -0.15) is 0 Å². The van der Waals surface area contributed by atoms with Gasteiger partial charge in [-0.1, -0.05) is 0 Å². The molecule has 0 bridgehead atoms. The van der Waals surface area contributed by atoms with Crippen molar-refractivity contribution in [3.8, 4) is 12.3 Å². The molecule has 0 unspecified atom stereocenters. The molecule has 2 aromatic rings. The van der Waals surface area contributed by atoms with E-state index in [4.69, 9.17) is 11.2 Å². The molecule has 0 aliphatic carbocycles. The van der Waals surface area contributed by atoms with Crippen molar-refractivity contribution in [2.24, 2.45) is 0 Å². The minimum atomic E-state index is -0.400. The van der Waals surface area contributed by atoms with Crippen LogP contribution >= 0.6 is 0 Å². The second-order valence-corrected chi connectivity index (χ2v) is 3.64. The molecule has 0 aliphatic heterocycles. The van der Waals surface area contributed by atoms with Gasteiger partial charge in [-0.3, -0.25) is 4.40 Å². The van der Waals surface area contributed by atoms with E-state index in [9.17, 15) is 4.79 Å². The van der Waals surface area contributed by atoms with Crippen molar-refractivity contribution < 1.29 is 9.53 Å². The summed E-state index contributed by atoms with van der Waals surface area (Å²) in [7, 11) is 0. The molecule has 0 saturated heterocycles. The molecule has 5 heteroatoms. The number of nitrogens with zero attached hydrogens (tertiary/aromatic N) is 3. The third-order valence-electron chi connectivity index (χ3n) is 2.24. The van der Waals surface area contributed by atoms with Crippen molar-refractivity contribution in [3.05, 3.63) is 30.2 Å². The Kier molecular flexibility index (Phi) is 3.06. The lowest BCUT2D eigenvalue weighted by atomic mass is 10.2. The minimum Gasteiger partial charge on any atom is -0.458 e. The van der Waals surface area contributed by atoms with Crippen molar-refractivity contribution in [1.82, 2.24) is 14.6 Å². The number of rotatable bonds is 3. The molecule has 1 atom stereocenters. The number of terminal acetylenes is 1. The van der Waals surface area contributed by atoms with E-state index in [1.54, 1.807) is 29.7 Å². The largest absolute Gasteiger partial charge is 0.458 e. The zero-order valence-corrected chi connectivity index (χ0v) is 9.33. The molecule has 5 nitrogen and oxygen atoms in total. The fraction of sp³-hybridized carbons (Fsp3) is 0.250. The van der Waals surface area contributed by atoms with Gasteiger partial charge in [0.25, 0.3) is 0 Å². The van der Waals surface area contributed by atoms with Gasteiger partial charge in [0.05, 0.1) is 5.56 Å². The molecular formula is C12H11N3O2. The van der Waals surface area contributed by atoms with Crippen molar-refractivity contribution in [2.75, 3.05) is 0 Å². The zero-order valence-electron chi connectivity index (χ0n) is 9.33. The van der Waals surface area contributed by atoms with Crippen LogP contribution < -0.4 is 0 Å². The first-order chi connectivity index (χ1) is 8.20. The van der Waals surface area contributed by atoms with Crippen molar-refractivity contribution >= 4 is 11.6 Å². The predicted molar refractivity (Wildman–Crippen MR) is 61.3 cm³/mol. The first kappa shape index (κ1) is 11.1. The predicted octanol–water partition coefficient (Wildman–Crippen LogP) is 1.30. The Balaban J connectivity index is 2.16. The van der Waals surface area contributed by atoms with E-state index >= 15 is 0 Å². The highest BCUT2D eigenvalue weighted by Gasteiger charge is 2.12. The van der Waals surface area contributed by atoms with Crippen LogP contribution in [0, 0.1) is 12.3 Å². The van der Waals surface area contributed by atoms with Gasteiger partial charge in [0.2, 0.25) is 0 Å². The summed E-state index contributed by atoms with van der Waals surface area (Å²) >= 11 is 0. The lowest BCUT2D eigenvalue weighted by Crippen LogP contribution is -2.14. The standard InChI is InChI=1S/C12H11N3O2/c1-3-4-9(2)17-12(16)10-5-6-11-14-13-8-15(11)7-10/h1,5-9H,4H2,2H3/t9-/m1/s1. The van der Waals surface area contributed by atoms with E-state index in [1.165, 1.54) is 6.33 Å². The van der Waals surface area contributed by atoms with Crippen LogP contribution in [-0.4, -0.2) is 26.7 Å². The van der Waals surface area contributed by atoms with Crippen LogP contribution in [-0.2, 0) is 4.74 Å². The van der Waals surface area contributed by atoms with E-state index in [1.807, 2.05) is 0 Å². The molecule has 2 heterocycles. The van der Waals surface area contributed by atoms with Crippen LogP contribution in [0.15, 0.2) is 24.7 Å². The van der Waals surface area contributed by atoms with Gasteiger partial charge in [-0.05, 0) is 19.1 Å². The number of carbonyl (C=O) groups is 1. The smallest absolute Gasteiger partial charge is 0.339 e. The molecule has 0 aliphatic rings. The maximum Gasteiger partial charge on any atom is 0.339 e. The summed E-state index contributed by atoms with van der Waals surface area (Å²) in [5, 5.41) is 7.57. The number of hydrogen-bond acceptors (Lipinski definition) is 4. The van der Waals surface area contributed by atoms with Crippen LogP contribution in [0.25, 0.3) is 5.65 Å². The molecule has 0 saturated carbocycles. The number of fused-ring (bicyclic) bond motifs is 1. The van der Waals surface area contributed by atoms with Crippen molar-refractivity contribution in [2.45, 2.75) is 19.4 Å². The fourth-order valence-electron chi connectivity index (χ4n) is 1.41. The molecule has 0 aromatic carbocycles. The summed E-state index contributed by atoms with van der Waals surface area (Å²) in [6.45, 7) is 1.76. The van der Waals surface area contributed by atoms with Gasteiger partial charge in [-0.15, -0.1) is 22.5 Å². The Morgan fingerprint density at radius 3 is 3.24 bits per heavy atom. The average Bonchev–Trinajstić information content (AvgIpc) is 2.75. The number of hydrogen-bond donors (Lipinski definition) is 0. The van der Waals surface area contributed by atoms with E-state index in [0.717, 1.165) is 0 Å². The summed E-state index contributed by atoms with van der Waals surface area (Å²) in [5.41, 5.74) is 1.12. The Hall–Kier alpha value is -2.35. The fourth-order valence-corrected chi connectivity index (χ4v) is 1.41. The second kappa shape index (κ2) is 4.66. The summed E-state index contributed by atoms with van der Waals surface area (Å²) in [6, 6.07) is 3.35. The van der Waals surface area contributed by atoms with E-state index in [2.05, 4.69) is 16.1 Å². The lowest BCUT2D eigenvalue weighted by molar-refractivity contribution is 0.0351. The minimum absolute atomic E-state index is 0.288. The summed E-state index contributed by atoms with van der Waals surface area (Å²) in [5.74, 6) is 2.05. The average molecular weight is 229 g/mol. The first-order valence-electron chi connectivity index (χ1n) is 5.14. The van der Waals surface area contributed by atoms with E-state index in [-0.39, 0.29) is 6.10 Å². The maximum absolute atomic E-state index is 11.8. The number of pyridine rings is 1. The quantitative estimate of drug-likeness (QED) is 0.588. The zero-order chi connectivity index (χ0) is 12.3. The molecule has 0 N–H and O–H groups in total. The van der Waals surface area contributed by atoms with Gasteiger partial charge in [0.1, 0.15) is 12.4 Å². The number of ether oxygens (including phenoxy) is 1. The second-order valence-electron chi connectivity index (χ2n) is 3.64. The normalized spacial score (nSPS) is 12.0. The highest BCUT2D eigenvalue weighted by atomic mass is 16.5. The Labute approximate surface area is 98.4 Å². The van der Waals surface area contributed by atoms with Gasteiger partial charge in [-0.25, -0.2) is 4.79 Å². The first-order valence-corrected chi connectivity index (χ1v) is 5.14. The highest BCUT2D eigenvalue weighted by Crippen LogP contribution is 2.07. The van der Waals surface area contributed by atoms with Crippen molar-refractivity contribution in [1.29, 1.82) is 0 Å². The lowest BCUT2D eigenvalue weighted by Gasteiger charge is -2.10. The van der Waals surface area contributed by atoms with Gasteiger partial charge >= 0.3 is 5.97 Å². The Morgan fingerprint density at radius 2 is 2.47 bits per heavy atom. The molecule has 0 fully saturated rings. The number of carbonyl (C=O) groups excluding carboxylic acids is 1. The molecule has 0 spiro atoms. The van der Waals surface area contributed by atoms with E-state index in [0.29, 0.717) is 17.6 Å². The summed E-state index contributed by atoms with van der Waals surface area (Å²) < 4.78 is 6.82. The Morgan fingerprint density at radius 1 is 1.65 bits per heavy atom. The monoisotopic (exact) mass is 229 g/mol.